The average Bonchev–Trinajstić information content (AvgIpc) is 2.29. The zero-order valence-electron chi connectivity index (χ0n) is 9.25. The number of nitriles is 1. The molecule has 4 heteroatoms. The Morgan fingerprint density at radius 2 is 2.31 bits per heavy atom. The van der Waals surface area contributed by atoms with Crippen LogP contribution in [0.1, 0.15) is 29.3 Å². The molecule has 84 valence electrons. The van der Waals surface area contributed by atoms with E-state index in [4.69, 9.17) is 5.26 Å². The minimum atomic E-state index is -0.413. The third kappa shape index (κ3) is 2.95. The fourth-order valence-electron chi connectivity index (χ4n) is 1.28. The van der Waals surface area contributed by atoms with Gasteiger partial charge in [-0.2, -0.15) is 5.26 Å². The summed E-state index contributed by atoms with van der Waals surface area (Å²) in [6.07, 6.45) is 0.616. The highest BCUT2D eigenvalue weighted by atomic mass is 127. The van der Waals surface area contributed by atoms with E-state index in [0.29, 0.717) is 12.0 Å². The Balaban J connectivity index is 2.90. The molecule has 16 heavy (non-hydrogen) atoms. The molecule has 1 rings (SSSR count). The largest absolute Gasteiger partial charge is 0.336 e. The zero-order valence-corrected chi connectivity index (χ0v) is 11.4. The second kappa shape index (κ2) is 5.85. The van der Waals surface area contributed by atoms with Gasteiger partial charge in [-0.1, -0.05) is 19.1 Å². The predicted octanol–water partition coefficient (Wildman–Crippen LogP) is 2.63. The van der Waals surface area contributed by atoms with E-state index in [1.54, 1.807) is 6.07 Å². The number of hydrogen-bond donors (Lipinski definition) is 1. The summed E-state index contributed by atoms with van der Waals surface area (Å²) in [6.45, 7) is 3.83. The van der Waals surface area contributed by atoms with Crippen LogP contribution in [0.5, 0.6) is 0 Å². The average molecular weight is 328 g/mol. The lowest BCUT2D eigenvalue weighted by molar-refractivity contribution is 0.0943. The molecule has 0 heterocycles. The first-order chi connectivity index (χ1) is 7.60. The smallest absolute Gasteiger partial charge is 0.253 e. The van der Waals surface area contributed by atoms with Gasteiger partial charge in [0, 0.05) is 3.57 Å². The fraction of sp³-hybridized carbons (Fsp3) is 0.333. The van der Waals surface area contributed by atoms with E-state index in [1.165, 1.54) is 0 Å². The van der Waals surface area contributed by atoms with E-state index in [9.17, 15) is 4.79 Å². The first kappa shape index (κ1) is 13.0. The van der Waals surface area contributed by atoms with Gasteiger partial charge in [0.15, 0.2) is 0 Å². The van der Waals surface area contributed by atoms with Crippen LogP contribution in [0.3, 0.4) is 0 Å². The first-order valence-corrected chi connectivity index (χ1v) is 6.13. The molecular formula is C12H13IN2O. The van der Waals surface area contributed by atoms with Crippen molar-refractivity contribution >= 4 is 28.5 Å². The number of benzene rings is 1. The van der Waals surface area contributed by atoms with Crippen LogP contribution in [0.15, 0.2) is 18.2 Å². The predicted molar refractivity (Wildman–Crippen MR) is 71.1 cm³/mol. The summed E-state index contributed by atoms with van der Waals surface area (Å²) in [5.41, 5.74) is 1.70. The molecule has 0 spiro atoms. The lowest BCUT2D eigenvalue weighted by Gasteiger charge is -2.11. The summed E-state index contributed by atoms with van der Waals surface area (Å²) in [7, 11) is 0. The van der Waals surface area contributed by atoms with Gasteiger partial charge in [0.2, 0.25) is 0 Å². The molecule has 1 amide bonds. The molecule has 0 saturated heterocycles. The molecule has 0 aromatic heterocycles. The molecule has 1 N–H and O–H groups in total. The van der Waals surface area contributed by atoms with Crippen LogP contribution in [0.4, 0.5) is 0 Å². The van der Waals surface area contributed by atoms with Crippen molar-refractivity contribution in [3.05, 3.63) is 32.9 Å². The van der Waals surface area contributed by atoms with Gasteiger partial charge in [0.05, 0.1) is 11.6 Å². The number of rotatable bonds is 3. The van der Waals surface area contributed by atoms with Gasteiger partial charge >= 0.3 is 0 Å². The first-order valence-electron chi connectivity index (χ1n) is 5.05. The van der Waals surface area contributed by atoms with Crippen LogP contribution in [-0.4, -0.2) is 11.9 Å². The van der Waals surface area contributed by atoms with Gasteiger partial charge in [0.1, 0.15) is 6.04 Å². The van der Waals surface area contributed by atoms with Crippen molar-refractivity contribution in [3.8, 4) is 6.07 Å². The highest BCUT2D eigenvalue weighted by molar-refractivity contribution is 14.1. The van der Waals surface area contributed by atoms with Gasteiger partial charge < -0.3 is 5.32 Å². The SMILES string of the molecule is CCC(C#N)NC(=O)c1cccc(C)c1I. The number of nitrogens with one attached hydrogen (secondary N) is 1. The van der Waals surface area contributed by atoms with E-state index in [-0.39, 0.29) is 5.91 Å². The number of amides is 1. The van der Waals surface area contributed by atoms with Crippen LogP contribution in [-0.2, 0) is 0 Å². The van der Waals surface area contributed by atoms with Crippen molar-refractivity contribution in [2.75, 3.05) is 0 Å². The van der Waals surface area contributed by atoms with E-state index in [0.717, 1.165) is 9.13 Å². The highest BCUT2D eigenvalue weighted by Crippen LogP contribution is 2.16. The number of carbonyl (C=O) groups is 1. The van der Waals surface area contributed by atoms with E-state index in [1.807, 2.05) is 26.0 Å². The molecule has 1 aromatic rings. The molecule has 3 nitrogen and oxygen atoms in total. The summed E-state index contributed by atoms with van der Waals surface area (Å²) in [4.78, 5) is 11.9. The number of nitrogens with zero attached hydrogens (tertiary/aromatic N) is 1. The van der Waals surface area contributed by atoms with Crippen molar-refractivity contribution in [2.45, 2.75) is 26.3 Å². The Morgan fingerprint density at radius 1 is 1.62 bits per heavy atom. The van der Waals surface area contributed by atoms with Crippen LogP contribution >= 0.6 is 22.6 Å². The second-order valence-electron chi connectivity index (χ2n) is 3.50. The van der Waals surface area contributed by atoms with Crippen LogP contribution in [0.25, 0.3) is 0 Å². The minimum Gasteiger partial charge on any atom is -0.336 e. The van der Waals surface area contributed by atoms with Crippen LogP contribution in [0, 0.1) is 21.8 Å². The van der Waals surface area contributed by atoms with Gasteiger partial charge in [-0.25, -0.2) is 0 Å². The zero-order chi connectivity index (χ0) is 12.1. The molecular weight excluding hydrogens is 315 g/mol. The number of carbonyl (C=O) groups excluding carboxylic acids is 1. The maximum Gasteiger partial charge on any atom is 0.253 e. The molecule has 1 unspecified atom stereocenters. The molecule has 0 bridgehead atoms. The summed E-state index contributed by atoms with van der Waals surface area (Å²) in [5.74, 6) is -0.179. The lowest BCUT2D eigenvalue weighted by Crippen LogP contribution is -2.33. The molecule has 0 saturated carbocycles. The van der Waals surface area contributed by atoms with Crippen molar-refractivity contribution in [3.63, 3.8) is 0 Å². The van der Waals surface area contributed by atoms with Gasteiger partial charge in [-0.05, 0) is 47.6 Å². The molecule has 1 atom stereocenters. The normalized spacial score (nSPS) is 11.6. The molecule has 0 fully saturated rings. The Labute approximate surface area is 109 Å². The lowest BCUT2D eigenvalue weighted by atomic mass is 10.1. The van der Waals surface area contributed by atoms with Crippen LogP contribution < -0.4 is 5.32 Å². The third-order valence-corrected chi connectivity index (χ3v) is 3.74. The highest BCUT2D eigenvalue weighted by Gasteiger charge is 2.14. The number of aryl methyl sites for hydroxylation is 1. The molecule has 1 aromatic carbocycles. The van der Waals surface area contributed by atoms with Crippen molar-refractivity contribution in [2.24, 2.45) is 0 Å². The molecule has 0 radical (unpaired) electrons. The summed E-state index contributed by atoms with van der Waals surface area (Å²) in [5, 5.41) is 11.5. The van der Waals surface area contributed by atoms with Gasteiger partial charge in [-0.15, -0.1) is 0 Å². The summed E-state index contributed by atoms with van der Waals surface area (Å²) in [6, 6.07) is 7.22. The third-order valence-electron chi connectivity index (χ3n) is 2.31. The fourth-order valence-corrected chi connectivity index (χ4v) is 1.89. The summed E-state index contributed by atoms with van der Waals surface area (Å²) >= 11 is 2.15. The quantitative estimate of drug-likeness (QED) is 0.868. The summed E-state index contributed by atoms with van der Waals surface area (Å²) < 4.78 is 0.936. The standard InChI is InChI=1S/C12H13IN2O/c1-3-9(7-14)15-12(16)10-6-4-5-8(2)11(10)13/h4-6,9H,3H2,1-2H3,(H,15,16). The Hall–Kier alpha value is -1.09. The minimum absolute atomic E-state index is 0.179. The maximum absolute atomic E-state index is 11.9. The Kier molecular flexibility index (Phi) is 4.74. The van der Waals surface area contributed by atoms with Crippen LogP contribution in [0.2, 0.25) is 0 Å². The molecule has 0 aliphatic carbocycles. The Bertz CT molecular complexity index is 437. The molecule has 0 aliphatic rings. The van der Waals surface area contributed by atoms with E-state index in [2.05, 4.69) is 34.0 Å². The second-order valence-corrected chi connectivity index (χ2v) is 4.58. The van der Waals surface area contributed by atoms with Crippen molar-refractivity contribution in [1.29, 1.82) is 5.26 Å². The maximum atomic E-state index is 11.9. The number of halogens is 1. The topological polar surface area (TPSA) is 52.9 Å². The monoisotopic (exact) mass is 328 g/mol. The Morgan fingerprint density at radius 3 is 2.88 bits per heavy atom. The van der Waals surface area contributed by atoms with Crippen molar-refractivity contribution < 1.29 is 4.79 Å². The van der Waals surface area contributed by atoms with Gasteiger partial charge in [0.25, 0.3) is 5.91 Å². The van der Waals surface area contributed by atoms with E-state index >= 15 is 0 Å². The van der Waals surface area contributed by atoms with E-state index < -0.39 is 6.04 Å². The van der Waals surface area contributed by atoms with Crippen molar-refractivity contribution in [1.82, 2.24) is 5.32 Å². The number of hydrogen-bond acceptors (Lipinski definition) is 2. The van der Waals surface area contributed by atoms with Gasteiger partial charge in [-0.3, -0.25) is 4.79 Å². The molecule has 0 aliphatic heterocycles.